The van der Waals surface area contributed by atoms with Crippen LogP contribution in [0.25, 0.3) is 0 Å². The predicted molar refractivity (Wildman–Crippen MR) is 81.3 cm³/mol. The first-order chi connectivity index (χ1) is 9.06. The molecule has 1 heterocycles. The lowest BCUT2D eigenvalue weighted by Crippen LogP contribution is -2.39. The summed E-state index contributed by atoms with van der Waals surface area (Å²) in [7, 11) is 0. The van der Waals surface area contributed by atoms with Crippen LogP contribution in [0.4, 0.5) is 0 Å². The highest BCUT2D eigenvalue weighted by Gasteiger charge is 2.21. The first kappa shape index (κ1) is 14.8. The Morgan fingerprint density at radius 2 is 2.32 bits per heavy atom. The van der Waals surface area contributed by atoms with Crippen LogP contribution >= 0.6 is 27.5 Å². The largest absolute Gasteiger partial charge is 0.341 e. The summed E-state index contributed by atoms with van der Waals surface area (Å²) in [6.45, 7) is 4.55. The molecule has 3 nitrogen and oxygen atoms in total. The van der Waals surface area contributed by atoms with Gasteiger partial charge in [-0.3, -0.25) is 4.79 Å². The topological polar surface area (TPSA) is 32.3 Å². The van der Waals surface area contributed by atoms with E-state index in [-0.39, 0.29) is 11.9 Å². The Kier molecular flexibility index (Phi) is 5.25. The van der Waals surface area contributed by atoms with E-state index >= 15 is 0 Å². The summed E-state index contributed by atoms with van der Waals surface area (Å²) in [5.74, 6) is 0.279. The molecule has 2 rings (SSSR count). The van der Waals surface area contributed by atoms with Gasteiger partial charge in [0.25, 0.3) is 0 Å². The molecule has 1 N–H and O–H groups in total. The van der Waals surface area contributed by atoms with Crippen molar-refractivity contribution in [3.05, 3.63) is 33.3 Å². The lowest BCUT2D eigenvalue weighted by Gasteiger charge is -2.22. The maximum atomic E-state index is 11.6. The van der Waals surface area contributed by atoms with Crippen molar-refractivity contribution in [2.45, 2.75) is 32.4 Å². The van der Waals surface area contributed by atoms with Gasteiger partial charge < -0.3 is 10.2 Å². The lowest BCUT2D eigenvalue weighted by atomic mass is 10.2. The fourth-order valence-electron chi connectivity index (χ4n) is 2.24. The van der Waals surface area contributed by atoms with Gasteiger partial charge in [0.2, 0.25) is 5.91 Å². The molecule has 104 valence electrons. The molecule has 1 saturated heterocycles. The van der Waals surface area contributed by atoms with Crippen LogP contribution in [0.5, 0.6) is 0 Å². The molecule has 1 aliphatic rings. The molecule has 0 spiro atoms. The van der Waals surface area contributed by atoms with Gasteiger partial charge in [-0.1, -0.05) is 33.6 Å². The van der Waals surface area contributed by atoms with Gasteiger partial charge in [0.1, 0.15) is 0 Å². The molecule has 0 saturated carbocycles. The summed E-state index contributed by atoms with van der Waals surface area (Å²) in [6.07, 6.45) is 1.70. The molecule has 0 radical (unpaired) electrons. The van der Waals surface area contributed by atoms with Crippen molar-refractivity contribution in [3.63, 3.8) is 0 Å². The molecule has 1 amide bonds. The van der Waals surface area contributed by atoms with E-state index in [0.717, 1.165) is 35.6 Å². The molecule has 1 aromatic carbocycles. The monoisotopic (exact) mass is 344 g/mol. The number of rotatable bonds is 5. The van der Waals surface area contributed by atoms with Gasteiger partial charge in [0, 0.05) is 41.6 Å². The van der Waals surface area contributed by atoms with Gasteiger partial charge >= 0.3 is 0 Å². The number of carbonyl (C=O) groups excluding carboxylic acids is 1. The standard InChI is InChI=1S/C14H18BrClN2O/c1-10(9-18-6-2-3-14(18)19)17-8-11-4-5-12(16)7-13(11)15/h4-5,7,10,17H,2-3,6,8-9H2,1H3. The lowest BCUT2D eigenvalue weighted by molar-refractivity contribution is -0.127. The summed E-state index contributed by atoms with van der Waals surface area (Å²) < 4.78 is 1.01. The zero-order chi connectivity index (χ0) is 13.8. The Morgan fingerprint density at radius 1 is 1.53 bits per heavy atom. The van der Waals surface area contributed by atoms with Crippen molar-refractivity contribution in [1.29, 1.82) is 0 Å². The number of halogens is 2. The maximum Gasteiger partial charge on any atom is 0.222 e. The van der Waals surface area contributed by atoms with Gasteiger partial charge in [0.05, 0.1) is 0 Å². The predicted octanol–water partition coefficient (Wildman–Crippen LogP) is 3.20. The molecule has 19 heavy (non-hydrogen) atoms. The average Bonchev–Trinajstić information content (AvgIpc) is 2.74. The molecule has 1 atom stereocenters. The van der Waals surface area contributed by atoms with E-state index in [9.17, 15) is 4.79 Å². The van der Waals surface area contributed by atoms with E-state index in [1.54, 1.807) is 0 Å². The second-order valence-corrected chi connectivity index (χ2v) is 6.25. The molecular weight excluding hydrogens is 328 g/mol. The van der Waals surface area contributed by atoms with Crippen LogP contribution < -0.4 is 5.32 Å². The van der Waals surface area contributed by atoms with Crippen LogP contribution in [-0.2, 0) is 11.3 Å². The Hall–Kier alpha value is -0.580. The summed E-state index contributed by atoms with van der Waals surface area (Å²) in [5, 5.41) is 4.17. The van der Waals surface area contributed by atoms with Gasteiger partial charge in [-0.15, -0.1) is 0 Å². The van der Waals surface area contributed by atoms with Gasteiger partial charge in [0.15, 0.2) is 0 Å². The minimum atomic E-state index is 0.279. The number of hydrogen-bond acceptors (Lipinski definition) is 2. The molecule has 1 aliphatic heterocycles. The van der Waals surface area contributed by atoms with Gasteiger partial charge in [-0.25, -0.2) is 0 Å². The number of hydrogen-bond donors (Lipinski definition) is 1. The van der Waals surface area contributed by atoms with Crippen LogP contribution in [0.3, 0.4) is 0 Å². The molecular formula is C14H18BrClN2O. The molecule has 1 fully saturated rings. The Bertz CT molecular complexity index is 467. The average molecular weight is 346 g/mol. The van der Waals surface area contributed by atoms with Crippen LogP contribution in [0, 0.1) is 0 Å². The number of amides is 1. The number of nitrogens with one attached hydrogen (secondary N) is 1. The molecule has 1 unspecified atom stereocenters. The molecule has 0 aliphatic carbocycles. The first-order valence-corrected chi connectivity index (χ1v) is 7.68. The van der Waals surface area contributed by atoms with E-state index in [1.165, 1.54) is 5.56 Å². The highest BCUT2D eigenvalue weighted by Crippen LogP contribution is 2.21. The van der Waals surface area contributed by atoms with E-state index in [2.05, 4.69) is 28.2 Å². The Morgan fingerprint density at radius 3 is 2.95 bits per heavy atom. The Balaban J connectivity index is 1.82. The highest BCUT2D eigenvalue weighted by atomic mass is 79.9. The third kappa shape index (κ3) is 4.20. The molecule has 0 bridgehead atoms. The van der Waals surface area contributed by atoms with Crippen molar-refractivity contribution >= 4 is 33.4 Å². The number of likely N-dealkylation sites (tertiary alicyclic amines) is 1. The summed E-state index contributed by atoms with van der Waals surface area (Å²) in [5.41, 5.74) is 1.17. The van der Waals surface area contributed by atoms with Crippen LogP contribution in [0.15, 0.2) is 22.7 Å². The van der Waals surface area contributed by atoms with Crippen molar-refractivity contribution in [1.82, 2.24) is 10.2 Å². The third-order valence-corrected chi connectivity index (χ3v) is 4.30. The fourth-order valence-corrected chi connectivity index (χ4v) is 3.06. The third-order valence-electron chi connectivity index (χ3n) is 3.32. The van der Waals surface area contributed by atoms with E-state index in [4.69, 9.17) is 11.6 Å². The second-order valence-electron chi connectivity index (χ2n) is 4.96. The highest BCUT2D eigenvalue weighted by molar-refractivity contribution is 9.10. The summed E-state index contributed by atoms with van der Waals surface area (Å²) >= 11 is 9.42. The number of benzene rings is 1. The van der Waals surface area contributed by atoms with E-state index < -0.39 is 0 Å². The summed E-state index contributed by atoms with van der Waals surface area (Å²) in [4.78, 5) is 13.5. The second kappa shape index (κ2) is 6.73. The Labute approximate surface area is 127 Å². The zero-order valence-electron chi connectivity index (χ0n) is 11.0. The van der Waals surface area contributed by atoms with Crippen LogP contribution in [-0.4, -0.2) is 29.9 Å². The van der Waals surface area contributed by atoms with Gasteiger partial charge in [-0.2, -0.15) is 0 Å². The molecule has 0 aromatic heterocycles. The van der Waals surface area contributed by atoms with E-state index in [0.29, 0.717) is 6.42 Å². The smallest absolute Gasteiger partial charge is 0.222 e. The minimum Gasteiger partial charge on any atom is -0.341 e. The van der Waals surface area contributed by atoms with E-state index in [1.807, 2.05) is 23.1 Å². The minimum absolute atomic E-state index is 0.279. The normalized spacial score (nSPS) is 17.0. The fraction of sp³-hybridized carbons (Fsp3) is 0.500. The summed E-state index contributed by atoms with van der Waals surface area (Å²) in [6, 6.07) is 6.07. The van der Waals surface area contributed by atoms with Crippen LogP contribution in [0.1, 0.15) is 25.3 Å². The van der Waals surface area contributed by atoms with Crippen molar-refractivity contribution in [3.8, 4) is 0 Å². The van der Waals surface area contributed by atoms with Crippen molar-refractivity contribution < 1.29 is 4.79 Å². The SMILES string of the molecule is CC(CN1CCCC1=O)NCc1ccc(Cl)cc1Br. The van der Waals surface area contributed by atoms with Crippen LogP contribution in [0.2, 0.25) is 5.02 Å². The number of carbonyl (C=O) groups is 1. The quantitative estimate of drug-likeness (QED) is 0.889. The zero-order valence-corrected chi connectivity index (χ0v) is 13.3. The molecule has 1 aromatic rings. The molecule has 5 heteroatoms. The number of nitrogens with zero attached hydrogens (tertiary/aromatic N) is 1. The van der Waals surface area contributed by atoms with Crippen molar-refractivity contribution in [2.24, 2.45) is 0 Å². The van der Waals surface area contributed by atoms with Gasteiger partial charge in [-0.05, 0) is 31.0 Å². The maximum absolute atomic E-state index is 11.6. The van der Waals surface area contributed by atoms with Crippen molar-refractivity contribution in [2.75, 3.05) is 13.1 Å². The first-order valence-electron chi connectivity index (χ1n) is 6.51.